The zero-order valence-electron chi connectivity index (χ0n) is 18.9. The molecule has 1 saturated carbocycles. The molecule has 32 heavy (non-hydrogen) atoms. The van der Waals surface area contributed by atoms with Crippen molar-refractivity contribution in [2.45, 2.75) is 44.4 Å². The van der Waals surface area contributed by atoms with Crippen molar-refractivity contribution in [1.82, 2.24) is 20.0 Å². The van der Waals surface area contributed by atoms with Gasteiger partial charge < -0.3 is 15.4 Å². The first kappa shape index (κ1) is 22.7. The van der Waals surface area contributed by atoms with Gasteiger partial charge in [-0.25, -0.2) is 4.39 Å². The third kappa shape index (κ3) is 5.30. The van der Waals surface area contributed by atoms with Crippen LogP contribution in [0.4, 0.5) is 10.2 Å². The Morgan fingerprint density at radius 3 is 2.81 bits per heavy atom. The number of hydrogen-bond acceptors (Lipinski definition) is 5. The van der Waals surface area contributed by atoms with Crippen LogP contribution in [0.15, 0.2) is 30.9 Å². The van der Waals surface area contributed by atoms with Crippen molar-refractivity contribution in [2.24, 2.45) is 13.0 Å². The van der Waals surface area contributed by atoms with Crippen LogP contribution in [0.25, 0.3) is 10.9 Å². The van der Waals surface area contributed by atoms with Gasteiger partial charge in [-0.3, -0.25) is 14.4 Å². The van der Waals surface area contributed by atoms with Crippen LogP contribution in [-0.2, 0) is 23.3 Å². The number of carbonyl (C=O) groups excluding carboxylic acids is 1. The van der Waals surface area contributed by atoms with Crippen LogP contribution >= 0.6 is 0 Å². The van der Waals surface area contributed by atoms with E-state index in [1.807, 2.05) is 13.1 Å². The van der Waals surface area contributed by atoms with Crippen LogP contribution in [-0.4, -0.2) is 65.5 Å². The van der Waals surface area contributed by atoms with Gasteiger partial charge >= 0.3 is 0 Å². The predicted octanol–water partition coefficient (Wildman–Crippen LogP) is 3.02. The molecule has 8 heteroatoms. The SMILES string of the molecule is C=CCOCC1CCC(N2CC(NC(=O)CNc3nn(C)c4ccc(CF)cc34)C2)CC1. The number of amides is 1. The maximum absolute atomic E-state index is 13.0. The first-order valence-electron chi connectivity index (χ1n) is 11.5. The minimum atomic E-state index is -0.520. The van der Waals surface area contributed by atoms with E-state index in [-0.39, 0.29) is 18.5 Å². The highest BCUT2D eigenvalue weighted by Crippen LogP contribution is 2.30. The fraction of sp³-hybridized carbons (Fsp3) is 0.583. The quantitative estimate of drug-likeness (QED) is 0.436. The highest BCUT2D eigenvalue weighted by molar-refractivity contribution is 5.92. The predicted molar refractivity (Wildman–Crippen MR) is 124 cm³/mol. The van der Waals surface area contributed by atoms with E-state index < -0.39 is 6.67 Å². The Hall–Kier alpha value is -2.45. The van der Waals surface area contributed by atoms with Gasteiger partial charge in [0, 0.05) is 38.2 Å². The van der Waals surface area contributed by atoms with Gasteiger partial charge in [-0.15, -0.1) is 6.58 Å². The summed E-state index contributed by atoms with van der Waals surface area (Å²) < 4.78 is 20.4. The summed E-state index contributed by atoms with van der Waals surface area (Å²) in [6.07, 6.45) is 6.63. The maximum Gasteiger partial charge on any atom is 0.239 e. The monoisotopic (exact) mass is 443 g/mol. The number of ether oxygens (including phenoxy) is 1. The number of alkyl halides is 1. The minimum Gasteiger partial charge on any atom is -0.377 e. The van der Waals surface area contributed by atoms with Crippen molar-refractivity contribution in [1.29, 1.82) is 0 Å². The molecule has 4 rings (SSSR count). The summed E-state index contributed by atoms with van der Waals surface area (Å²) in [5, 5.41) is 11.5. The van der Waals surface area contributed by atoms with E-state index in [0.717, 1.165) is 30.6 Å². The number of aromatic nitrogens is 2. The number of benzene rings is 1. The molecule has 2 aliphatic rings. The lowest BCUT2D eigenvalue weighted by Crippen LogP contribution is -2.63. The first-order valence-corrected chi connectivity index (χ1v) is 11.5. The number of likely N-dealkylation sites (tertiary alicyclic amines) is 1. The Labute approximate surface area is 189 Å². The summed E-state index contributed by atoms with van der Waals surface area (Å²) in [4.78, 5) is 14.9. The van der Waals surface area contributed by atoms with E-state index in [9.17, 15) is 9.18 Å². The standard InChI is InChI=1S/C24H34FN5O2/c1-3-10-32-16-17-4-7-20(8-5-17)30-14-19(15-30)27-23(31)13-26-24-21-11-18(12-25)6-9-22(21)29(2)28-24/h3,6,9,11,17,19-20H,1,4-5,7-8,10,12-16H2,2H3,(H,26,28)(H,27,31). The molecule has 0 radical (unpaired) electrons. The molecule has 1 amide bonds. The summed E-state index contributed by atoms with van der Waals surface area (Å²) >= 11 is 0. The van der Waals surface area contributed by atoms with E-state index in [1.165, 1.54) is 25.7 Å². The molecular formula is C24H34FN5O2. The molecule has 1 saturated heterocycles. The number of aryl methyl sites for hydroxylation is 1. The van der Waals surface area contributed by atoms with Gasteiger partial charge in [-0.05, 0) is 49.3 Å². The third-order valence-corrected chi connectivity index (χ3v) is 6.68. The lowest BCUT2D eigenvalue weighted by molar-refractivity contribution is -0.121. The second-order valence-electron chi connectivity index (χ2n) is 9.03. The van der Waals surface area contributed by atoms with Gasteiger partial charge in [-0.2, -0.15) is 5.10 Å². The summed E-state index contributed by atoms with van der Waals surface area (Å²) in [7, 11) is 1.84. The molecule has 1 aliphatic carbocycles. The molecule has 0 atom stereocenters. The molecular weight excluding hydrogens is 409 g/mol. The lowest BCUT2D eigenvalue weighted by Gasteiger charge is -2.46. The van der Waals surface area contributed by atoms with E-state index in [2.05, 4.69) is 27.2 Å². The second-order valence-corrected chi connectivity index (χ2v) is 9.03. The second kappa shape index (κ2) is 10.4. The number of nitrogens with one attached hydrogen (secondary N) is 2. The molecule has 0 spiro atoms. The number of anilines is 1. The molecule has 1 aliphatic heterocycles. The van der Waals surface area contributed by atoms with Crippen molar-refractivity contribution in [3.8, 4) is 0 Å². The van der Waals surface area contributed by atoms with Crippen molar-refractivity contribution in [2.75, 3.05) is 38.2 Å². The molecule has 2 fully saturated rings. The van der Waals surface area contributed by atoms with E-state index in [0.29, 0.717) is 29.9 Å². The van der Waals surface area contributed by atoms with Gasteiger partial charge in [-0.1, -0.05) is 12.1 Å². The maximum atomic E-state index is 13.0. The van der Waals surface area contributed by atoms with Crippen LogP contribution < -0.4 is 10.6 Å². The average Bonchev–Trinajstić information content (AvgIpc) is 3.10. The number of hydrogen-bond donors (Lipinski definition) is 2. The summed E-state index contributed by atoms with van der Waals surface area (Å²) in [6.45, 7) is 6.63. The fourth-order valence-corrected chi connectivity index (χ4v) is 4.87. The summed E-state index contributed by atoms with van der Waals surface area (Å²) in [6, 6.07) is 6.23. The molecule has 0 bridgehead atoms. The minimum absolute atomic E-state index is 0.0434. The van der Waals surface area contributed by atoms with Gasteiger partial charge in [0.25, 0.3) is 0 Å². The highest BCUT2D eigenvalue weighted by Gasteiger charge is 2.35. The third-order valence-electron chi connectivity index (χ3n) is 6.68. The number of rotatable bonds is 10. The zero-order chi connectivity index (χ0) is 22.5. The number of halogens is 1. The van der Waals surface area contributed by atoms with Crippen molar-refractivity contribution in [3.63, 3.8) is 0 Å². The van der Waals surface area contributed by atoms with Crippen LogP contribution in [0.3, 0.4) is 0 Å². The fourth-order valence-electron chi connectivity index (χ4n) is 4.87. The number of fused-ring (bicyclic) bond motifs is 1. The van der Waals surface area contributed by atoms with Gasteiger partial charge in [0.1, 0.15) is 6.67 Å². The Balaban J connectivity index is 1.18. The molecule has 174 valence electrons. The van der Waals surface area contributed by atoms with E-state index in [1.54, 1.807) is 22.9 Å². The Kier molecular flexibility index (Phi) is 7.42. The topological polar surface area (TPSA) is 71.4 Å². The van der Waals surface area contributed by atoms with Crippen LogP contribution in [0.2, 0.25) is 0 Å². The Bertz CT molecular complexity index is 932. The molecule has 2 heterocycles. The van der Waals surface area contributed by atoms with Gasteiger partial charge in [0.05, 0.1) is 24.7 Å². The molecule has 0 unspecified atom stereocenters. The van der Waals surface area contributed by atoms with Crippen molar-refractivity contribution in [3.05, 3.63) is 36.4 Å². The van der Waals surface area contributed by atoms with Crippen molar-refractivity contribution < 1.29 is 13.9 Å². The number of nitrogens with zero attached hydrogens (tertiary/aromatic N) is 3. The zero-order valence-corrected chi connectivity index (χ0v) is 18.9. The first-order chi connectivity index (χ1) is 15.6. The summed E-state index contributed by atoms with van der Waals surface area (Å²) in [5.41, 5.74) is 1.51. The normalized spacial score (nSPS) is 21.9. The molecule has 2 N–H and O–H groups in total. The summed E-state index contributed by atoms with van der Waals surface area (Å²) in [5.74, 6) is 1.23. The van der Waals surface area contributed by atoms with Crippen LogP contribution in [0, 0.1) is 5.92 Å². The highest BCUT2D eigenvalue weighted by atomic mass is 19.1. The lowest BCUT2D eigenvalue weighted by atomic mass is 9.84. The smallest absolute Gasteiger partial charge is 0.239 e. The number of carbonyl (C=O) groups is 1. The van der Waals surface area contributed by atoms with Crippen molar-refractivity contribution >= 4 is 22.6 Å². The van der Waals surface area contributed by atoms with Gasteiger partial charge in [0.15, 0.2) is 5.82 Å². The largest absolute Gasteiger partial charge is 0.377 e. The van der Waals surface area contributed by atoms with E-state index >= 15 is 0 Å². The van der Waals surface area contributed by atoms with Crippen LogP contribution in [0.5, 0.6) is 0 Å². The average molecular weight is 444 g/mol. The van der Waals surface area contributed by atoms with E-state index in [4.69, 9.17) is 4.74 Å². The Morgan fingerprint density at radius 2 is 2.09 bits per heavy atom. The molecule has 7 nitrogen and oxygen atoms in total. The Morgan fingerprint density at radius 1 is 1.31 bits per heavy atom. The molecule has 1 aromatic carbocycles. The van der Waals surface area contributed by atoms with Gasteiger partial charge in [0.2, 0.25) is 5.91 Å². The molecule has 1 aromatic heterocycles. The molecule has 2 aromatic rings. The van der Waals surface area contributed by atoms with Crippen LogP contribution in [0.1, 0.15) is 31.2 Å².